The molecule has 6 heteroatoms. The van der Waals surface area contributed by atoms with Crippen molar-refractivity contribution in [2.24, 2.45) is 5.92 Å². The van der Waals surface area contributed by atoms with Gasteiger partial charge in [-0.05, 0) is 30.9 Å². The molecule has 3 N–H and O–H groups in total. The molecule has 0 spiro atoms. The fraction of sp³-hybridized carbons (Fsp3) is 0.500. The largest absolute Gasteiger partial charge is 0.495 e. The van der Waals surface area contributed by atoms with E-state index < -0.39 is 10.0 Å². The van der Waals surface area contributed by atoms with E-state index in [2.05, 4.69) is 11.6 Å². The Morgan fingerprint density at radius 1 is 1.39 bits per heavy atom. The standard InChI is InChI=1S/C12H18N2O3S/c1-8-5-9(6-8)14-18(15,16)10-3-4-11(13)12(7-10)17-2/h3-4,7-9,14H,5-6,13H2,1-2H3. The average Bonchev–Trinajstić information content (AvgIpc) is 2.27. The zero-order valence-corrected chi connectivity index (χ0v) is 11.3. The second-order valence-corrected chi connectivity index (χ2v) is 6.51. The van der Waals surface area contributed by atoms with Gasteiger partial charge in [-0.1, -0.05) is 6.92 Å². The molecule has 0 unspecified atom stereocenters. The van der Waals surface area contributed by atoms with Crippen LogP contribution >= 0.6 is 0 Å². The van der Waals surface area contributed by atoms with Gasteiger partial charge >= 0.3 is 0 Å². The topological polar surface area (TPSA) is 81.4 Å². The zero-order valence-electron chi connectivity index (χ0n) is 10.5. The highest BCUT2D eigenvalue weighted by Crippen LogP contribution is 2.29. The summed E-state index contributed by atoms with van der Waals surface area (Å²) in [7, 11) is -2.02. The fourth-order valence-electron chi connectivity index (χ4n) is 2.14. The van der Waals surface area contributed by atoms with Gasteiger partial charge in [0.15, 0.2) is 0 Å². The number of nitrogens with one attached hydrogen (secondary N) is 1. The number of methoxy groups -OCH3 is 1. The highest BCUT2D eigenvalue weighted by molar-refractivity contribution is 7.89. The van der Waals surface area contributed by atoms with Crippen molar-refractivity contribution < 1.29 is 13.2 Å². The van der Waals surface area contributed by atoms with Gasteiger partial charge in [0.25, 0.3) is 0 Å². The fourth-order valence-corrected chi connectivity index (χ4v) is 3.42. The number of sulfonamides is 1. The van der Waals surface area contributed by atoms with Crippen molar-refractivity contribution in [2.45, 2.75) is 30.7 Å². The lowest BCUT2D eigenvalue weighted by molar-refractivity contribution is 0.270. The van der Waals surface area contributed by atoms with E-state index in [1.165, 1.54) is 25.3 Å². The van der Waals surface area contributed by atoms with Gasteiger partial charge in [-0.3, -0.25) is 0 Å². The second kappa shape index (κ2) is 4.78. The van der Waals surface area contributed by atoms with Gasteiger partial charge in [0.05, 0.1) is 17.7 Å². The molecule has 100 valence electrons. The number of anilines is 1. The van der Waals surface area contributed by atoms with Gasteiger partial charge in [0.2, 0.25) is 10.0 Å². The van der Waals surface area contributed by atoms with E-state index in [0.29, 0.717) is 17.4 Å². The molecule has 0 amide bonds. The molecular weight excluding hydrogens is 252 g/mol. The Morgan fingerprint density at radius 3 is 2.61 bits per heavy atom. The van der Waals surface area contributed by atoms with E-state index in [1.807, 2.05) is 0 Å². The van der Waals surface area contributed by atoms with Crippen LogP contribution in [0.15, 0.2) is 23.1 Å². The Balaban J connectivity index is 2.19. The Hall–Kier alpha value is -1.27. The van der Waals surface area contributed by atoms with E-state index in [9.17, 15) is 8.42 Å². The summed E-state index contributed by atoms with van der Waals surface area (Å²) in [6.07, 6.45) is 1.79. The molecule has 0 aliphatic heterocycles. The van der Waals surface area contributed by atoms with Gasteiger partial charge in [-0.15, -0.1) is 0 Å². The quantitative estimate of drug-likeness (QED) is 0.809. The minimum Gasteiger partial charge on any atom is -0.495 e. The molecular formula is C12H18N2O3S. The molecule has 0 saturated heterocycles. The second-order valence-electron chi connectivity index (χ2n) is 4.80. The van der Waals surface area contributed by atoms with Crippen molar-refractivity contribution in [3.05, 3.63) is 18.2 Å². The lowest BCUT2D eigenvalue weighted by Crippen LogP contribution is -2.43. The highest BCUT2D eigenvalue weighted by atomic mass is 32.2. The van der Waals surface area contributed by atoms with Crippen LogP contribution in [0.3, 0.4) is 0 Å². The highest BCUT2D eigenvalue weighted by Gasteiger charge is 2.30. The zero-order chi connectivity index (χ0) is 13.3. The van der Waals surface area contributed by atoms with Crippen LogP contribution in [0.4, 0.5) is 5.69 Å². The first-order chi connectivity index (χ1) is 8.42. The lowest BCUT2D eigenvalue weighted by atomic mass is 9.83. The molecule has 5 nitrogen and oxygen atoms in total. The molecule has 1 aliphatic rings. The maximum atomic E-state index is 12.1. The maximum Gasteiger partial charge on any atom is 0.240 e. The van der Waals surface area contributed by atoms with Crippen molar-refractivity contribution >= 4 is 15.7 Å². The van der Waals surface area contributed by atoms with Crippen LogP contribution in [0.5, 0.6) is 5.75 Å². The van der Waals surface area contributed by atoms with E-state index in [0.717, 1.165) is 12.8 Å². The molecule has 1 aromatic rings. The first-order valence-electron chi connectivity index (χ1n) is 5.88. The molecule has 18 heavy (non-hydrogen) atoms. The SMILES string of the molecule is COc1cc(S(=O)(=O)NC2CC(C)C2)ccc1N. The summed E-state index contributed by atoms with van der Waals surface area (Å²) in [6, 6.07) is 4.52. The number of hydrogen-bond acceptors (Lipinski definition) is 4. The number of nitrogens with two attached hydrogens (primary N) is 1. The minimum atomic E-state index is -3.48. The monoisotopic (exact) mass is 270 g/mol. The first-order valence-corrected chi connectivity index (χ1v) is 7.36. The van der Waals surface area contributed by atoms with Crippen molar-refractivity contribution in [3.63, 3.8) is 0 Å². The Morgan fingerprint density at radius 2 is 2.06 bits per heavy atom. The minimum absolute atomic E-state index is 0.0496. The van der Waals surface area contributed by atoms with Crippen molar-refractivity contribution in [1.29, 1.82) is 0 Å². The number of hydrogen-bond donors (Lipinski definition) is 2. The predicted octanol–water partition coefficient (Wildman–Crippen LogP) is 1.35. The maximum absolute atomic E-state index is 12.1. The van der Waals surface area contributed by atoms with Crippen LogP contribution in [0.1, 0.15) is 19.8 Å². The summed E-state index contributed by atoms with van der Waals surface area (Å²) in [4.78, 5) is 0.188. The first kappa shape index (κ1) is 13.2. The number of nitrogen functional groups attached to an aromatic ring is 1. The van der Waals surface area contributed by atoms with Gasteiger partial charge < -0.3 is 10.5 Å². The molecule has 1 aromatic carbocycles. The van der Waals surface area contributed by atoms with E-state index in [4.69, 9.17) is 10.5 Å². The van der Waals surface area contributed by atoms with Gasteiger partial charge in [0, 0.05) is 12.1 Å². The van der Waals surface area contributed by atoms with Crippen LogP contribution in [-0.4, -0.2) is 21.6 Å². The summed E-state index contributed by atoms with van der Waals surface area (Å²) < 4.78 is 31.9. The molecule has 0 aromatic heterocycles. The molecule has 1 saturated carbocycles. The third-order valence-electron chi connectivity index (χ3n) is 3.21. The van der Waals surface area contributed by atoms with Crippen LogP contribution in [0.2, 0.25) is 0 Å². The van der Waals surface area contributed by atoms with E-state index in [1.54, 1.807) is 0 Å². The summed E-state index contributed by atoms with van der Waals surface area (Å²) in [5.74, 6) is 0.971. The Labute approximate surface area is 107 Å². The summed E-state index contributed by atoms with van der Waals surface area (Å²) in [5.41, 5.74) is 6.08. The van der Waals surface area contributed by atoms with Gasteiger partial charge in [0.1, 0.15) is 5.75 Å². The third-order valence-corrected chi connectivity index (χ3v) is 4.73. The van der Waals surface area contributed by atoms with Crippen molar-refractivity contribution in [3.8, 4) is 5.75 Å². The molecule has 0 bridgehead atoms. The van der Waals surface area contributed by atoms with Gasteiger partial charge in [-0.2, -0.15) is 0 Å². The van der Waals surface area contributed by atoms with Crippen LogP contribution in [-0.2, 0) is 10.0 Å². The van der Waals surface area contributed by atoms with Crippen LogP contribution in [0, 0.1) is 5.92 Å². The Kier molecular flexibility index (Phi) is 3.49. The normalized spacial score (nSPS) is 23.4. The average molecular weight is 270 g/mol. The smallest absolute Gasteiger partial charge is 0.240 e. The number of ether oxygens (including phenoxy) is 1. The molecule has 1 aliphatic carbocycles. The Bertz CT molecular complexity index is 536. The van der Waals surface area contributed by atoms with Crippen molar-refractivity contribution in [1.82, 2.24) is 4.72 Å². The molecule has 0 radical (unpaired) electrons. The molecule has 1 fully saturated rings. The molecule has 0 atom stereocenters. The molecule has 0 heterocycles. The molecule has 2 rings (SSSR count). The predicted molar refractivity (Wildman–Crippen MR) is 69.9 cm³/mol. The van der Waals surface area contributed by atoms with Crippen molar-refractivity contribution in [2.75, 3.05) is 12.8 Å². The summed E-state index contributed by atoms with van der Waals surface area (Å²) in [6.45, 7) is 2.11. The van der Waals surface area contributed by atoms with Crippen LogP contribution in [0.25, 0.3) is 0 Å². The van der Waals surface area contributed by atoms with Gasteiger partial charge in [-0.25, -0.2) is 13.1 Å². The number of benzene rings is 1. The summed E-state index contributed by atoms with van der Waals surface area (Å²) >= 11 is 0. The van der Waals surface area contributed by atoms with E-state index >= 15 is 0 Å². The number of rotatable bonds is 4. The third kappa shape index (κ3) is 2.59. The van der Waals surface area contributed by atoms with Crippen LogP contribution < -0.4 is 15.2 Å². The summed E-state index contributed by atoms with van der Waals surface area (Å²) in [5, 5.41) is 0. The van der Waals surface area contributed by atoms with E-state index in [-0.39, 0.29) is 10.9 Å². The lowest BCUT2D eigenvalue weighted by Gasteiger charge is -2.32.